The summed E-state index contributed by atoms with van der Waals surface area (Å²) < 4.78 is 1.99. The number of rotatable bonds is 5. The second-order valence-corrected chi connectivity index (χ2v) is 8.02. The van der Waals surface area contributed by atoms with Gasteiger partial charge in [-0.15, -0.1) is 10.2 Å². The van der Waals surface area contributed by atoms with Crippen LogP contribution in [0.2, 0.25) is 0 Å². The molecule has 0 N–H and O–H groups in total. The highest BCUT2D eigenvalue weighted by Gasteiger charge is 2.33. The van der Waals surface area contributed by atoms with Crippen molar-refractivity contribution in [3.05, 3.63) is 12.2 Å². The Kier molecular flexibility index (Phi) is 5.94. The Morgan fingerprint density at radius 1 is 1.15 bits per heavy atom. The molecule has 2 amide bonds. The van der Waals surface area contributed by atoms with Gasteiger partial charge in [0.2, 0.25) is 11.8 Å². The van der Waals surface area contributed by atoms with Gasteiger partial charge in [0, 0.05) is 38.0 Å². The van der Waals surface area contributed by atoms with Crippen LogP contribution in [0.3, 0.4) is 0 Å². The van der Waals surface area contributed by atoms with E-state index in [9.17, 15) is 9.59 Å². The van der Waals surface area contributed by atoms with E-state index in [0.717, 1.165) is 31.5 Å². The molecule has 0 unspecified atom stereocenters. The number of hydrogen-bond donors (Lipinski definition) is 0. The Morgan fingerprint density at radius 2 is 1.81 bits per heavy atom. The van der Waals surface area contributed by atoms with E-state index in [1.54, 1.807) is 11.2 Å². The van der Waals surface area contributed by atoms with Crippen molar-refractivity contribution >= 4 is 11.8 Å². The smallest absolute Gasteiger partial charge is 0.225 e. The first-order valence-electron chi connectivity index (χ1n) is 9.89. The largest absolute Gasteiger partial charge is 0.342 e. The summed E-state index contributed by atoms with van der Waals surface area (Å²) in [6, 6.07) is 0.272. The fourth-order valence-corrected chi connectivity index (χ4v) is 4.19. The lowest BCUT2D eigenvalue weighted by Crippen LogP contribution is -2.45. The highest BCUT2D eigenvalue weighted by molar-refractivity contribution is 5.81. The molecule has 3 rings (SSSR count). The van der Waals surface area contributed by atoms with Crippen molar-refractivity contribution < 1.29 is 9.59 Å². The molecule has 0 atom stereocenters. The minimum atomic E-state index is 0.00282. The molecule has 2 fully saturated rings. The zero-order valence-electron chi connectivity index (χ0n) is 16.2. The normalized spacial score (nSPS) is 19.3. The van der Waals surface area contributed by atoms with E-state index >= 15 is 0 Å². The summed E-state index contributed by atoms with van der Waals surface area (Å²) >= 11 is 0. The highest BCUT2D eigenvalue weighted by Crippen LogP contribution is 2.29. The van der Waals surface area contributed by atoms with E-state index in [-0.39, 0.29) is 23.8 Å². The number of amides is 2. The quantitative estimate of drug-likeness (QED) is 0.806. The average molecular weight is 361 g/mol. The average Bonchev–Trinajstić information content (AvgIpc) is 3.32. The number of hydrogen-bond acceptors (Lipinski definition) is 4. The second kappa shape index (κ2) is 8.18. The van der Waals surface area contributed by atoms with Crippen LogP contribution in [0.1, 0.15) is 64.2 Å². The van der Waals surface area contributed by atoms with E-state index < -0.39 is 0 Å². The second-order valence-electron chi connectivity index (χ2n) is 8.02. The Hall–Kier alpha value is -1.92. The van der Waals surface area contributed by atoms with Crippen LogP contribution in [0.4, 0.5) is 0 Å². The van der Waals surface area contributed by atoms with Crippen molar-refractivity contribution in [1.82, 2.24) is 24.6 Å². The molecule has 0 radical (unpaired) electrons. The maximum atomic E-state index is 12.8. The van der Waals surface area contributed by atoms with Crippen LogP contribution in [0, 0.1) is 11.8 Å². The van der Waals surface area contributed by atoms with Crippen molar-refractivity contribution in [3.8, 4) is 0 Å². The van der Waals surface area contributed by atoms with Crippen molar-refractivity contribution in [3.63, 3.8) is 0 Å². The Morgan fingerprint density at radius 3 is 2.42 bits per heavy atom. The molecule has 1 aromatic rings. The lowest BCUT2D eigenvalue weighted by Gasteiger charge is -2.34. The molecule has 0 aromatic carbocycles. The molecule has 7 heteroatoms. The van der Waals surface area contributed by atoms with Crippen molar-refractivity contribution in [2.24, 2.45) is 11.8 Å². The predicted molar refractivity (Wildman–Crippen MR) is 98.1 cm³/mol. The molecular formula is C19H31N5O2. The molecule has 1 saturated carbocycles. The standard InChI is InChI=1S/C19H31N5O2/c1-14(2)24-13-20-21-17(24)12-22(3)18(25)16-8-10-23(11-9-16)19(26)15-6-4-5-7-15/h13-16H,4-12H2,1-3H3. The molecular weight excluding hydrogens is 330 g/mol. The summed E-state index contributed by atoms with van der Waals surface area (Å²) in [6.07, 6.45) is 7.67. The molecule has 1 saturated heterocycles. The molecule has 7 nitrogen and oxygen atoms in total. The summed E-state index contributed by atoms with van der Waals surface area (Å²) in [6.45, 7) is 6.04. The fourth-order valence-electron chi connectivity index (χ4n) is 4.19. The minimum Gasteiger partial charge on any atom is -0.342 e. The highest BCUT2D eigenvalue weighted by atomic mass is 16.2. The zero-order chi connectivity index (χ0) is 18.7. The van der Waals surface area contributed by atoms with Crippen LogP contribution in [0.25, 0.3) is 0 Å². The van der Waals surface area contributed by atoms with Crippen LogP contribution >= 0.6 is 0 Å². The molecule has 2 aliphatic rings. The molecule has 26 heavy (non-hydrogen) atoms. The van der Waals surface area contributed by atoms with Crippen molar-refractivity contribution in [1.29, 1.82) is 0 Å². The maximum Gasteiger partial charge on any atom is 0.225 e. The van der Waals surface area contributed by atoms with E-state index in [4.69, 9.17) is 0 Å². The number of aromatic nitrogens is 3. The molecule has 144 valence electrons. The first kappa shape index (κ1) is 18.9. The third-order valence-corrected chi connectivity index (χ3v) is 5.82. The summed E-state index contributed by atoms with van der Waals surface area (Å²) in [5.74, 6) is 1.50. The van der Waals surface area contributed by atoms with Gasteiger partial charge in [0.1, 0.15) is 6.33 Å². The van der Waals surface area contributed by atoms with Gasteiger partial charge in [-0.3, -0.25) is 9.59 Å². The number of piperidine rings is 1. The van der Waals surface area contributed by atoms with Crippen LogP contribution in [0.5, 0.6) is 0 Å². The molecule has 1 aliphatic heterocycles. The maximum absolute atomic E-state index is 12.8. The number of carbonyl (C=O) groups excluding carboxylic acids is 2. The van der Waals surface area contributed by atoms with Gasteiger partial charge in [-0.2, -0.15) is 0 Å². The molecule has 0 spiro atoms. The van der Waals surface area contributed by atoms with Crippen molar-refractivity contribution in [2.75, 3.05) is 20.1 Å². The Labute approximate surface area is 155 Å². The fraction of sp³-hybridized carbons (Fsp3) is 0.789. The van der Waals surface area contributed by atoms with Gasteiger partial charge in [0.25, 0.3) is 0 Å². The van der Waals surface area contributed by atoms with Gasteiger partial charge in [-0.25, -0.2) is 0 Å². The van der Waals surface area contributed by atoms with E-state index in [0.29, 0.717) is 25.5 Å². The van der Waals surface area contributed by atoms with Crippen LogP contribution in [0.15, 0.2) is 6.33 Å². The van der Waals surface area contributed by atoms with Crippen LogP contribution in [-0.4, -0.2) is 56.5 Å². The third-order valence-electron chi connectivity index (χ3n) is 5.82. The summed E-state index contributed by atoms with van der Waals surface area (Å²) in [4.78, 5) is 29.1. The van der Waals surface area contributed by atoms with Gasteiger partial charge in [0.05, 0.1) is 6.54 Å². The number of nitrogens with zero attached hydrogens (tertiary/aromatic N) is 5. The zero-order valence-corrected chi connectivity index (χ0v) is 16.2. The lowest BCUT2D eigenvalue weighted by atomic mass is 9.94. The topological polar surface area (TPSA) is 71.3 Å². The Balaban J connectivity index is 1.51. The van der Waals surface area contributed by atoms with Gasteiger partial charge in [-0.1, -0.05) is 12.8 Å². The van der Waals surface area contributed by atoms with Gasteiger partial charge in [0.15, 0.2) is 5.82 Å². The van der Waals surface area contributed by atoms with E-state index in [1.165, 1.54) is 12.8 Å². The van der Waals surface area contributed by atoms with Crippen LogP contribution < -0.4 is 0 Å². The SMILES string of the molecule is CC(C)n1cnnc1CN(C)C(=O)C1CCN(C(=O)C2CCCC2)CC1. The third kappa shape index (κ3) is 4.07. The van der Waals surface area contributed by atoms with Crippen LogP contribution in [-0.2, 0) is 16.1 Å². The van der Waals surface area contributed by atoms with Gasteiger partial charge in [-0.05, 0) is 39.5 Å². The minimum absolute atomic E-state index is 0.00282. The summed E-state index contributed by atoms with van der Waals surface area (Å²) in [5, 5.41) is 8.12. The van der Waals surface area contributed by atoms with Crippen molar-refractivity contribution in [2.45, 2.75) is 65.0 Å². The molecule has 1 aliphatic carbocycles. The number of likely N-dealkylation sites (tertiary alicyclic amines) is 1. The number of carbonyl (C=O) groups is 2. The monoisotopic (exact) mass is 361 g/mol. The first-order chi connectivity index (χ1) is 12.5. The Bertz CT molecular complexity index is 628. The lowest BCUT2D eigenvalue weighted by molar-refractivity contribution is -0.142. The van der Waals surface area contributed by atoms with Gasteiger partial charge < -0.3 is 14.4 Å². The summed E-state index contributed by atoms with van der Waals surface area (Å²) in [5.41, 5.74) is 0. The molecule has 1 aromatic heterocycles. The summed E-state index contributed by atoms with van der Waals surface area (Å²) in [7, 11) is 1.83. The van der Waals surface area contributed by atoms with E-state index in [1.807, 2.05) is 16.5 Å². The molecule has 2 heterocycles. The predicted octanol–water partition coefficient (Wildman–Crippen LogP) is 2.25. The van der Waals surface area contributed by atoms with Gasteiger partial charge >= 0.3 is 0 Å². The first-order valence-corrected chi connectivity index (χ1v) is 9.89. The molecule has 0 bridgehead atoms. The van der Waals surface area contributed by atoms with E-state index in [2.05, 4.69) is 24.0 Å².